The van der Waals surface area contributed by atoms with Gasteiger partial charge in [0.2, 0.25) is 11.8 Å². The Morgan fingerprint density at radius 1 is 0.897 bits per heavy atom. The molecule has 0 aromatic heterocycles. The van der Waals surface area contributed by atoms with Gasteiger partial charge in [-0.3, -0.25) is 19.7 Å². The number of allylic oxidation sites excluding steroid dienone is 4. The number of fused-ring (bicyclic) bond motifs is 5. The lowest BCUT2D eigenvalue weighted by Gasteiger charge is -2.20. The van der Waals surface area contributed by atoms with Gasteiger partial charge in [0, 0.05) is 17.9 Å². The minimum atomic E-state index is -0.554. The summed E-state index contributed by atoms with van der Waals surface area (Å²) in [5.74, 6) is -1.96. The van der Waals surface area contributed by atoms with Gasteiger partial charge in [-0.25, -0.2) is 4.90 Å². The van der Waals surface area contributed by atoms with E-state index in [1.807, 2.05) is 49.4 Å². The van der Waals surface area contributed by atoms with Crippen LogP contribution < -0.4 is 4.90 Å². The molecule has 2 aliphatic carbocycles. The highest BCUT2D eigenvalue weighted by Crippen LogP contribution is 2.58. The molecule has 3 aliphatic rings. The molecule has 2 fully saturated rings. The Morgan fingerprint density at radius 2 is 1.45 bits per heavy atom. The number of para-hydroxylation sites is 2. The Bertz CT molecular complexity index is 1080. The summed E-state index contributed by atoms with van der Waals surface area (Å²) in [5, 5.41) is 11.4. The smallest absolute Gasteiger partial charge is 0.274 e. The molecule has 0 radical (unpaired) electrons. The Kier molecular flexibility index (Phi) is 3.77. The number of rotatable bonds is 3. The number of carbonyl (C=O) groups excluding carboxylic acids is 2. The SMILES string of the molecule is CC(=C1[C@H]2C=C[C@H]1[C@@H]1C(=O)N(c3ccccc3[N+](=O)[O-])C(=O)[C@H]12)c1ccccc1. The highest BCUT2D eigenvalue weighted by Gasteiger charge is 2.62. The largest absolute Gasteiger partial charge is 0.293 e. The third-order valence-electron chi connectivity index (χ3n) is 6.37. The minimum Gasteiger partial charge on any atom is -0.274 e. The summed E-state index contributed by atoms with van der Waals surface area (Å²) in [5.41, 5.74) is 3.13. The summed E-state index contributed by atoms with van der Waals surface area (Å²) in [4.78, 5) is 38.5. The lowest BCUT2D eigenvalue weighted by molar-refractivity contribution is -0.384. The van der Waals surface area contributed by atoms with Crippen LogP contribution in [0.5, 0.6) is 0 Å². The maximum atomic E-state index is 13.3. The van der Waals surface area contributed by atoms with Gasteiger partial charge in [0.1, 0.15) is 5.69 Å². The third-order valence-corrected chi connectivity index (χ3v) is 6.37. The van der Waals surface area contributed by atoms with Gasteiger partial charge in [-0.1, -0.05) is 60.2 Å². The zero-order valence-electron chi connectivity index (χ0n) is 15.7. The molecular formula is C23H18N2O4. The van der Waals surface area contributed by atoms with Crippen molar-refractivity contribution in [1.82, 2.24) is 0 Å². The number of nitro groups is 1. The van der Waals surface area contributed by atoms with Crippen molar-refractivity contribution in [1.29, 1.82) is 0 Å². The number of nitro benzene ring substituents is 1. The molecule has 2 bridgehead atoms. The number of hydrogen-bond acceptors (Lipinski definition) is 4. The average molecular weight is 386 g/mol. The van der Waals surface area contributed by atoms with Crippen LogP contribution in [-0.2, 0) is 9.59 Å². The third kappa shape index (κ3) is 2.35. The Labute approximate surface area is 167 Å². The molecule has 1 aliphatic heterocycles. The predicted molar refractivity (Wildman–Crippen MR) is 108 cm³/mol. The van der Waals surface area contributed by atoms with Crippen LogP contribution in [-0.4, -0.2) is 16.7 Å². The fourth-order valence-electron chi connectivity index (χ4n) is 5.16. The van der Waals surface area contributed by atoms with Crippen LogP contribution in [0.2, 0.25) is 0 Å². The molecule has 6 nitrogen and oxygen atoms in total. The maximum Gasteiger partial charge on any atom is 0.293 e. The zero-order chi connectivity index (χ0) is 20.3. The summed E-state index contributed by atoms with van der Waals surface area (Å²) >= 11 is 0. The lowest BCUT2D eigenvalue weighted by atomic mass is 9.85. The van der Waals surface area contributed by atoms with Crippen molar-refractivity contribution in [2.75, 3.05) is 4.90 Å². The lowest BCUT2D eigenvalue weighted by Crippen LogP contribution is -2.33. The molecule has 144 valence electrons. The summed E-state index contributed by atoms with van der Waals surface area (Å²) < 4.78 is 0. The monoisotopic (exact) mass is 386 g/mol. The fourth-order valence-corrected chi connectivity index (χ4v) is 5.16. The molecule has 6 heteroatoms. The van der Waals surface area contributed by atoms with Gasteiger partial charge >= 0.3 is 0 Å². The zero-order valence-corrected chi connectivity index (χ0v) is 15.7. The normalized spacial score (nSPS) is 26.9. The summed E-state index contributed by atoms with van der Waals surface area (Å²) in [6.45, 7) is 2.04. The van der Waals surface area contributed by atoms with Gasteiger partial charge in [0.25, 0.3) is 5.69 Å². The molecule has 0 N–H and O–H groups in total. The van der Waals surface area contributed by atoms with E-state index in [0.29, 0.717) is 0 Å². The number of amides is 2. The maximum absolute atomic E-state index is 13.3. The molecule has 1 heterocycles. The van der Waals surface area contributed by atoms with Crippen LogP contribution in [0.25, 0.3) is 5.57 Å². The number of imide groups is 1. The minimum absolute atomic E-state index is 0.0617. The van der Waals surface area contributed by atoms with Gasteiger partial charge in [-0.2, -0.15) is 0 Å². The second-order valence-corrected chi connectivity index (χ2v) is 7.69. The van der Waals surface area contributed by atoms with Crippen LogP contribution in [0.1, 0.15) is 12.5 Å². The van der Waals surface area contributed by atoms with Crippen molar-refractivity contribution in [3.63, 3.8) is 0 Å². The molecule has 1 saturated heterocycles. The highest BCUT2D eigenvalue weighted by atomic mass is 16.6. The Morgan fingerprint density at radius 3 is 2.03 bits per heavy atom. The van der Waals surface area contributed by atoms with E-state index in [4.69, 9.17) is 0 Å². The van der Waals surface area contributed by atoms with Crippen molar-refractivity contribution >= 4 is 28.8 Å². The first-order valence-electron chi connectivity index (χ1n) is 9.56. The predicted octanol–water partition coefficient (Wildman–Crippen LogP) is 3.99. The molecule has 0 spiro atoms. The molecule has 4 atom stereocenters. The molecule has 1 saturated carbocycles. The van der Waals surface area contributed by atoms with Gasteiger partial charge < -0.3 is 0 Å². The van der Waals surface area contributed by atoms with Crippen molar-refractivity contribution < 1.29 is 14.5 Å². The number of hydrogen-bond donors (Lipinski definition) is 0. The first-order chi connectivity index (χ1) is 14.0. The average Bonchev–Trinajstić information content (AvgIpc) is 3.37. The number of carbonyl (C=O) groups is 2. The van der Waals surface area contributed by atoms with Crippen LogP contribution >= 0.6 is 0 Å². The molecule has 2 amide bonds. The summed E-state index contributed by atoms with van der Waals surface area (Å²) in [6, 6.07) is 15.9. The van der Waals surface area contributed by atoms with E-state index in [1.165, 1.54) is 18.2 Å². The van der Waals surface area contributed by atoms with Crippen LogP contribution in [0.3, 0.4) is 0 Å². The first kappa shape index (κ1) is 17.6. The van der Waals surface area contributed by atoms with E-state index in [1.54, 1.807) is 6.07 Å². The molecule has 29 heavy (non-hydrogen) atoms. The fraction of sp³-hybridized carbons (Fsp3) is 0.217. The van der Waals surface area contributed by atoms with E-state index < -0.39 is 16.8 Å². The number of benzene rings is 2. The van der Waals surface area contributed by atoms with Crippen LogP contribution in [0.4, 0.5) is 11.4 Å². The molecule has 0 unspecified atom stereocenters. The second kappa shape index (κ2) is 6.24. The van der Waals surface area contributed by atoms with Gasteiger partial charge in [-0.05, 0) is 24.1 Å². The Balaban J connectivity index is 1.57. The van der Waals surface area contributed by atoms with E-state index in [9.17, 15) is 19.7 Å². The Hall–Kier alpha value is -3.54. The van der Waals surface area contributed by atoms with Crippen molar-refractivity contribution in [3.05, 3.63) is 88.0 Å². The molecular weight excluding hydrogens is 368 g/mol. The topological polar surface area (TPSA) is 80.5 Å². The molecule has 5 rings (SSSR count). The number of anilines is 1. The number of nitrogens with zero attached hydrogens (tertiary/aromatic N) is 2. The quantitative estimate of drug-likeness (QED) is 0.346. The second-order valence-electron chi connectivity index (χ2n) is 7.69. The standard InChI is InChI=1S/C23H18N2O4/c1-13(14-7-3-2-4-8-14)19-15-11-12-16(19)21-20(15)22(26)24(23(21)27)17-9-5-6-10-18(17)25(28)29/h2-12,15-16,20-21H,1H3/t15-,16-,20+,21+/m1/s1. The van der Waals surface area contributed by atoms with Crippen LogP contribution in [0.15, 0.2) is 72.3 Å². The van der Waals surface area contributed by atoms with Crippen molar-refractivity contribution in [2.24, 2.45) is 23.7 Å². The first-order valence-corrected chi connectivity index (χ1v) is 9.56. The summed E-state index contributed by atoms with van der Waals surface area (Å²) in [7, 11) is 0. The summed E-state index contributed by atoms with van der Waals surface area (Å²) in [6.07, 6.45) is 4.03. The van der Waals surface area contributed by atoms with Gasteiger partial charge in [0.05, 0.1) is 16.8 Å². The van der Waals surface area contributed by atoms with E-state index in [-0.39, 0.29) is 35.0 Å². The van der Waals surface area contributed by atoms with Crippen molar-refractivity contribution in [2.45, 2.75) is 6.92 Å². The van der Waals surface area contributed by atoms with E-state index >= 15 is 0 Å². The van der Waals surface area contributed by atoms with E-state index in [0.717, 1.165) is 21.6 Å². The molecule has 2 aromatic rings. The van der Waals surface area contributed by atoms with Crippen LogP contribution in [0, 0.1) is 33.8 Å². The van der Waals surface area contributed by atoms with Gasteiger partial charge in [0.15, 0.2) is 0 Å². The van der Waals surface area contributed by atoms with Crippen molar-refractivity contribution in [3.8, 4) is 0 Å². The van der Waals surface area contributed by atoms with E-state index in [2.05, 4.69) is 0 Å². The molecule has 2 aromatic carbocycles. The highest BCUT2D eigenvalue weighted by molar-refractivity contribution is 6.24. The van der Waals surface area contributed by atoms with Gasteiger partial charge in [-0.15, -0.1) is 0 Å².